The Kier molecular flexibility index (Phi) is 4.42. The number of hydrogen-bond acceptors (Lipinski definition) is 5. The highest BCUT2D eigenvalue weighted by atomic mass is 16.5. The van der Waals surface area contributed by atoms with Gasteiger partial charge in [-0.2, -0.15) is 5.10 Å². The highest BCUT2D eigenvalue weighted by Crippen LogP contribution is 2.19. The molecule has 4 rings (SSSR count). The summed E-state index contributed by atoms with van der Waals surface area (Å²) >= 11 is 0. The van der Waals surface area contributed by atoms with Crippen LogP contribution in [-0.4, -0.2) is 43.6 Å². The molecule has 0 fully saturated rings. The number of para-hydroxylation sites is 1. The van der Waals surface area contributed by atoms with Gasteiger partial charge in [0.2, 0.25) is 0 Å². The molecule has 8 heteroatoms. The van der Waals surface area contributed by atoms with E-state index >= 15 is 0 Å². The maximum Gasteiger partial charge on any atom is 0.272 e. The van der Waals surface area contributed by atoms with E-state index in [-0.39, 0.29) is 11.9 Å². The number of rotatable bonds is 4. The molecule has 0 spiro atoms. The average molecular weight is 354 g/mol. The van der Waals surface area contributed by atoms with Gasteiger partial charge in [-0.25, -0.2) is 0 Å². The van der Waals surface area contributed by atoms with Crippen molar-refractivity contribution in [3.05, 3.63) is 41.6 Å². The summed E-state index contributed by atoms with van der Waals surface area (Å²) in [5.74, 6) is 1.67. The summed E-state index contributed by atoms with van der Waals surface area (Å²) in [7, 11) is 3.51. The zero-order chi connectivity index (χ0) is 18.1. The topological polar surface area (TPSA) is 86.9 Å². The van der Waals surface area contributed by atoms with Crippen molar-refractivity contribution in [3.8, 4) is 0 Å². The van der Waals surface area contributed by atoms with E-state index in [2.05, 4.69) is 25.2 Å². The fraction of sp³-hybridized carbons (Fsp3) is 0.444. The predicted molar refractivity (Wildman–Crippen MR) is 95.6 cm³/mol. The number of aryl methyl sites for hydroxylation is 2. The van der Waals surface area contributed by atoms with Crippen LogP contribution < -0.4 is 5.32 Å². The highest BCUT2D eigenvalue weighted by Gasteiger charge is 2.23. The van der Waals surface area contributed by atoms with Crippen LogP contribution >= 0.6 is 0 Å². The van der Waals surface area contributed by atoms with Crippen molar-refractivity contribution >= 4 is 16.8 Å². The standard InChI is InChI=1S/C18H22N6O2/c1-23-14-6-4-3-5-13(14)17(22-23)18(25)19-12-7-8-15-20-21-16(11-26-2)24(15)10-9-12/h3-6,12H,7-11H2,1-2H3,(H,19,25). The molecule has 8 nitrogen and oxygen atoms in total. The molecule has 1 aliphatic heterocycles. The van der Waals surface area contributed by atoms with Gasteiger partial charge in [-0.05, 0) is 18.9 Å². The lowest BCUT2D eigenvalue weighted by atomic mass is 10.1. The second kappa shape index (κ2) is 6.87. The quantitative estimate of drug-likeness (QED) is 0.766. The monoisotopic (exact) mass is 354 g/mol. The first-order chi connectivity index (χ1) is 12.7. The molecule has 3 aromatic rings. The van der Waals surface area contributed by atoms with Gasteiger partial charge in [0, 0.05) is 38.6 Å². The van der Waals surface area contributed by atoms with Gasteiger partial charge < -0.3 is 14.6 Å². The van der Waals surface area contributed by atoms with E-state index < -0.39 is 0 Å². The van der Waals surface area contributed by atoms with Crippen molar-refractivity contribution in [2.75, 3.05) is 7.11 Å². The fourth-order valence-electron chi connectivity index (χ4n) is 3.56. The number of carbonyl (C=O) groups excluding carboxylic acids is 1. The van der Waals surface area contributed by atoms with Crippen molar-refractivity contribution in [2.45, 2.75) is 38.5 Å². The van der Waals surface area contributed by atoms with E-state index in [0.29, 0.717) is 12.3 Å². The number of aromatic nitrogens is 5. The van der Waals surface area contributed by atoms with Crippen LogP contribution in [0.25, 0.3) is 10.9 Å². The van der Waals surface area contributed by atoms with Gasteiger partial charge in [-0.15, -0.1) is 10.2 Å². The van der Waals surface area contributed by atoms with Crippen LogP contribution in [0.3, 0.4) is 0 Å². The third-order valence-electron chi connectivity index (χ3n) is 4.90. The van der Waals surface area contributed by atoms with E-state index in [4.69, 9.17) is 4.74 Å². The number of fused-ring (bicyclic) bond motifs is 2. The molecular formula is C18H22N6O2. The molecule has 1 N–H and O–H groups in total. The molecule has 3 heterocycles. The van der Waals surface area contributed by atoms with Gasteiger partial charge in [0.25, 0.3) is 5.91 Å². The minimum Gasteiger partial charge on any atom is -0.377 e. The van der Waals surface area contributed by atoms with E-state index in [1.807, 2.05) is 31.3 Å². The van der Waals surface area contributed by atoms with Crippen LogP contribution in [0, 0.1) is 0 Å². The Bertz CT molecular complexity index is 944. The fourth-order valence-corrected chi connectivity index (χ4v) is 3.56. The van der Waals surface area contributed by atoms with E-state index in [1.165, 1.54) is 0 Å². The Morgan fingerprint density at radius 1 is 1.31 bits per heavy atom. The Hall–Kier alpha value is -2.74. The highest BCUT2D eigenvalue weighted by molar-refractivity contribution is 6.04. The molecule has 2 aromatic heterocycles. The molecule has 26 heavy (non-hydrogen) atoms. The van der Waals surface area contributed by atoms with Gasteiger partial charge in [0.15, 0.2) is 11.5 Å². The Labute approximate surface area is 151 Å². The number of hydrogen-bond donors (Lipinski definition) is 1. The number of nitrogens with zero attached hydrogens (tertiary/aromatic N) is 5. The number of benzene rings is 1. The molecule has 1 aromatic carbocycles. The summed E-state index contributed by atoms with van der Waals surface area (Å²) in [4.78, 5) is 12.8. The van der Waals surface area contributed by atoms with Crippen LogP contribution in [0.2, 0.25) is 0 Å². The molecule has 0 bridgehead atoms. The number of nitrogens with one attached hydrogen (secondary N) is 1. The smallest absolute Gasteiger partial charge is 0.272 e. The van der Waals surface area contributed by atoms with Crippen LogP contribution in [0.15, 0.2) is 24.3 Å². The van der Waals surface area contributed by atoms with E-state index in [0.717, 1.165) is 48.4 Å². The van der Waals surface area contributed by atoms with E-state index in [9.17, 15) is 4.79 Å². The number of methoxy groups -OCH3 is 1. The first kappa shape index (κ1) is 16.7. The van der Waals surface area contributed by atoms with Gasteiger partial charge in [0.1, 0.15) is 12.4 Å². The van der Waals surface area contributed by atoms with Crippen LogP contribution in [-0.2, 0) is 31.4 Å². The van der Waals surface area contributed by atoms with Crippen LogP contribution in [0.1, 0.15) is 35.0 Å². The number of ether oxygens (including phenoxy) is 1. The lowest BCUT2D eigenvalue weighted by molar-refractivity contribution is 0.0928. The van der Waals surface area contributed by atoms with Crippen molar-refractivity contribution in [1.29, 1.82) is 0 Å². The molecule has 1 atom stereocenters. The molecule has 136 valence electrons. The number of carbonyl (C=O) groups is 1. The molecule has 0 radical (unpaired) electrons. The minimum absolute atomic E-state index is 0.0837. The second-order valence-corrected chi connectivity index (χ2v) is 6.60. The molecule has 1 aliphatic rings. The van der Waals surface area contributed by atoms with Gasteiger partial charge >= 0.3 is 0 Å². The average Bonchev–Trinajstić information content (AvgIpc) is 3.12. The van der Waals surface area contributed by atoms with E-state index in [1.54, 1.807) is 11.8 Å². The minimum atomic E-state index is -0.124. The van der Waals surface area contributed by atoms with Gasteiger partial charge in [-0.1, -0.05) is 18.2 Å². The third kappa shape index (κ3) is 2.96. The molecule has 1 unspecified atom stereocenters. The summed E-state index contributed by atoms with van der Waals surface area (Å²) in [6.45, 7) is 1.22. The van der Waals surface area contributed by atoms with Crippen molar-refractivity contribution < 1.29 is 9.53 Å². The SMILES string of the molecule is COCc1nnc2n1CCC(NC(=O)c1nn(C)c3ccccc13)CC2. The summed E-state index contributed by atoms with van der Waals surface area (Å²) in [6, 6.07) is 7.86. The van der Waals surface area contributed by atoms with Gasteiger partial charge in [-0.3, -0.25) is 9.48 Å². The molecule has 0 saturated carbocycles. The summed E-state index contributed by atoms with van der Waals surface area (Å²) < 4.78 is 9.03. The van der Waals surface area contributed by atoms with Crippen LogP contribution in [0.4, 0.5) is 0 Å². The first-order valence-corrected chi connectivity index (χ1v) is 8.80. The largest absolute Gasteiger partial charge is 0.377 e. The predicted octanol–water partition coefficient (Wildman–Crippen LogP) is 1.45. The van der Waals surface area contributed by atoms with Gasteiger partial charge in [0.05, 0.1) is 5.52 Å². The van der Waals surface area contributed by atoms with Crippen molar-refractivity contribution in [1.82, 2.24) is 29.9 Å². The molecule has 1 amide bonds. The lowest BCUT2D eigenvalue weighted by Crippen LogP contribution is -2.35. The van der Waals surface area contributed by atoms with Crippen molar-refractivity contribution in [2.24, 2.45) is 7.05 Å². The summed E-state index contributed by atoms with van der Waals surface area (Å²) in [6.07, 6.45) is 2.45. The maximum atomic E-state index is 12.8. The lowest BCUT2D eigenvalue weighted by Gasteiger charge is -2.15. The Morgan fingerprint density at radius 3 is 3.00 bits per heavy atom. The van der Waals surface area contributed by atoms with Crippen LogP contribution in [0.5, 0.6) is 0 Å². The third-order valence-corrected chi connectivity index (χ3v) is 4.90. The summed E-state index contributed by atoms with van der Waals surface area (Å²) in [5, 5.41) is 16.9. The molecule has 0 saturated heterocycles. The summed E-state index contributed by atoms with van der Waals surface area (Å²) in [5.41, 5.74) is 1.43. The Morgan fingerprint density at radius 2 is 2.15 bits per heavy atom. The normalized spacial score (nSPS) is 17.1. The second-order valence-electron chi connectivity index (χ2n) is 6.60. The zero-order valence-electron chi connectivity index (χ0n) is 15.0. The van der Waals surface area contributed by atoms with Crippen molar-refractivity contribution in [3.63, 3.8) is 0 Å². The maximum absolute atomic E-state index is 12.8. The molecular weight excluding hydrogens is 332 g/mol. The number of amides is 1. The molecule has 0 aliphatic carbocycles. The zero-order valence-corrected chi connectivity index (χ0v) is 15.0. The Balaban J connectivity index is 1.48. The first-order valence-electron chi connectivity index (χ1n) is 8.80.